The number of Topliss-reactive ketones (excluding diaryl/α,β-unsaturated/α-hetero) is 1. The zero-order chi connectivity index (χ0) is 13.1. The van der Waals surface area contributed by atoms with Crippen molar-refractivity contribution in [3.8, 4) is 0 Å². The summed E-state index contributed by atoms with van der Waals surface area (Å²) in [5, 5.41) is 0. The molecule has 1 aliphatic rings. The van der Waals surface area contributed by atoms with E-state index in [1.54, 1.807) is 13.0 Å². The monoisotopic (exact) mass is 256 g/mol. The van der Waals surface area contributed by atoms with Gasteiger partial charge in [-0.1, -0.05) is 19.9 Å². The van der Waals surface area contributed by atoms with E-state index in [9.17, 15) is 9.59 Å². The highest BCUT2D eigenvalue weighted by Crippen LogP contribution is 2.48. The molecule has 0 aromatic rings. The lowest BCUT2D eigenvalue weighted by Crippen LogP contribution is -2.56. The number of carbonyl (C=O) groups excluding carboxylic acids is 2. The minimum atomic E-state index is -1.11. The van der Waals surface area contributed by atoms with Crippen LogP contribution in [-0.4, -0.2) is 28.9 Å². The summed E-state index contributed by atoms with van der Waals surface area (Å²) in [5.41, 5.74) is -0.596. The van der Waals surface area contributed by atoms with Crippen LogP contribution in [0.1, 0.15) is 33.6 Å². The molecule has 1 heterocycles. The third kappa shape index (κ3) is 2.28. The molecule has 0 N–H and O–H groups in total. The Morgan fingerprint density at radius 3 is 2.76 bits per heavy atom. The molecule has 3 nitrogen and oxygen atoms in total. The molecule has 1 saturated heterocycles. The van der Waals surface area contributed by atoms with Crippen LogP contribution in [0, 0.1) is 5.41 Å². The van der Waals surface area contributed by atoms with Gasteiger partial charge in [-0.3, -0.25) is 9.59 Å². The quantitative estimate of drug-likeness (QED) is 0.440. The van der Waals surface area contributed by atoms with Gasteiger partial charge in [0, 0.05) is 11.8 Å². The highest BCUT2D eigenvalue weighted by atomic mass is 32.2. The number of carbonyl (C=O) groups is 2. The molecule has 0 bridgehead atoms. The van der Waals surface area contributed by atoms with Gasteiger partial charge in [0.1, 0.15) is 0 Å². The van der Waals surface area contributed by atoms with E-state index in [1.807, 2.05) is 13.8 Å². The molecule has 96 valence electrons. The van der Waals surface area contributed by atoms with Gasteiger partial charge in [0.25, 0.3) is 0 Å². The summed E-state index contributed by atoms with van der Waals surface area (Å²) in [4.78, 5) is 24.5. The molecule has 1 fully saturated rings. The van der Waals surface area contributed by atoms with Crippen molar-refractivity contribution in [2.45, 2.75) is 38.4 Å². The molecule has 0 radical (unpaired) electrons. The SMILES string of the molecule is C=CC(C)(C)C1(C(=O)OCC)SCCCC1=O. The van der Waals surface area contributed by atoms with Gasteiger partial charge in [-0.15, -0.1) is 18.3 Å². The van der Waals surface area contributed by atoms with Gasteiger partial charge < -0.3 is 4.74 Å². The summed E-state index contributed by atoms with van der Waals surface area (Å²) in [6.45, 7) is 9.54. The Labute approximate surface area is 107 Å². The predicted octanol–water partition coefficient (Wildman–Crippen LogP) is 2.60. The first-order valence-corrected chi connectivity index (χ1v) is 6.89. The third-order valence-electron chi connectivity index (χ3n) is 3.24. The first-order valence-electron chi connectivity index (χ1n) is 5.90. The number of ketones is 1. The zero-order valence-electron chi connectivity index (χ0n) is 10.7. The molecule has 1 atom stereocenters. The lowest BCUT2D eigenvalue weighted by atomic mass is 9.74. The van der Waals surface area contributed by atoms with Crippen LogP contribution < -0.4 is 0 Å². The van der Waals surface area contributed by atoms with E-state index in [2.05, 4.69) is 6.58 Å². The first-order chi connectivity index (χ1) is 7.92. The van der Waals surface area contributed by atoms with Crippen molar-refractivity contribution >= 4 is 23.5 Å². The summed E-state index contributed by atoms with van der Waals surface area (Å²) in [7, 11) is 0. The maximum Gasteiger partial charge on any atom is 0.330 e. The standard InChI is InChI=1S/C13H20O3S/c1-5-12(3,4)13(11(15)16-6-2)10(14)8-7-9-17-13/h5H,1,6-9H2,2-4H3. The maximum absolute atomic E-state index is 12.3. The second-order valence-electron chi connectivity index (χ2n) is 4.70. The van der Waals surface area contributed by atoms with Crippen molar-refractivity contribution in [1.29, 1.82) is 0 Å². The molecule has 1 rings (SSSR count). The van der Waals surface area contributed by atoms with Crippen molar-refractivity contribution in [2.24, 2.45) is 5.41 Å². The molecule has 0 aliphatic carbocycles. The number of ether oxygens (including phenoxy) is 1. The molecular formula is C13H20O3S. The Hall–Kier alpha value is -0.770. The molecule has 1 aliphatic heterocycles. The summed E-state index contributed by atoms with van der Waals surface area (Å²) in [5.74, 6) is 0.360. The van der Waals surface area contributed by atoms with Gasteiger partial charge in [-0.25, -0.2) is 0 Å². The minimum absolute atomic E-state index is 0.0305. The average Bonchev–Trinajstić information content (AvgIpc) is 2.29. The zero-order valence-corrected chi connectivity index (χ0v) is 11.6. The van der Waals surface area contributed by atoms with Gasteiger partial charge in [0.15, 0.2) is 10.5 Å². The Kier molecular flexibility index (Phi) is 4.42. The normalized spacial score (nSPS) is 25.5. The van der Waals surface area contributed by atoms with Gasteiger partial charge in [-0.05, 0) is 19.1 Å². The second-order valence-corrected chi connectivity index (χ2v) is 6.01. The number of esters is 1. The van der Waals surface area contributed by atoms with Crippen LogP contribution in [0.25, 0.3) is 0 Å². The van der Waals surface area contributed by atoms with Crippen LogP contribution in [0.5, 0.6) is 0 Å². The highest BCUT2D eigenvalue weighted by Gasteiger charge is 2.57. The van der Waals surface area contributed by atoms with Crippen molar-refractivity contribution in [1.82, 2.24) is 0 Å². The molecule has 0 aromatic heterocycles. The maximum atomic E-state index is 12.3. The molecule has 0 saturated carbocycles. The molecule has 1 unspecified atom stereocenters. The van der Waals surface area contributed by atoms with E-state index in [4.69, 9.17) is 4.74 Å². The topological polar surface area (TPSA) is 43.4 Å². The average molecular weight is 256 g/mol. The number of thioether (sulfide) groups is 1. The molecule has 0 spiro atoms. The molecular weight excluding hydrogens is 236 g/mol. The fourth-order valence-corrected chi connectivity index (χ4v) is 3.56. The van der Waals surface area contributed by atoms with Crippen LogP contribution in [0.3, 0.4) is 0 Å². The summed E-state index contributed by atoms with van der Waals surface area (Å²) < 4.78 is 4.01. The summed E-state index contributed by atoms with van der Waals surface area (Å²) in [6, 6.07) is 0. The third-order valence-corrected chi connectivity index (χ3v) is 5.09. The van der Waals surface area contributed by atoms with Gasteiger partial charge in [-0.2, -0.15) is 0 Å². The number of rotatable bonds is 4. The van der Waals surface area contributed by atoms with E-state index in [1.165, 1.54) is 11.8 Å². The fraction of sp³-hybridized carbons (Fsp3) is 0.692. The number of allylic oxidation sites excluding steroid dienone is 1. The van der Waals surface area contributed by atoms with Crippen molar-refractivity contribution in [3.63, 3.8) is 0 Å². The van der Waals surface area contributed by atoms with Gasteiger partial charge in [0.2, 0.25) is 0 Å². The predicted molar refractivity (Wildman–Crippen MR) is 70.0 cm³/mol. The molecule has 0 amide bonds. The van der Waals surface area contributed by atoms with E-state index in [-0.39, 0.29) is 5.78 Å². The number of hydrogen-bond donors (Lipinski definition) is 0. The fourth-order valence-electron chi connectivity index (χ4n) is 2.07. The lowest BCUT2D eigenvalue weighted by Gasteiger charge is -2.43. The largest absolute Gasteiger partial charge is 0.465 e. The van der Waals surface area contributed by atoms with E-state index >= 15 is 0 Å². The van der Waals surface area contributed by atoms with E-state index < -0.39 is 16.1 Å². The molecule has 4 heteroatoms. The van der Waals surface area contributed by atoms with Crippen LogP contribution in [0.2, 0.25) is 0 Å². The van der Waals surface area contributed by atoms with Crippen LogP contribution in [0.4, 0.5) is 0 Å². The van der Waals surface area contributed by atoms with Crippen LogP contribution >= 0.6 is 11.8 Å². The van der Waals surface area contributed by atoms with Crippen molar-refractivity contribution < 1.29 is 14.3 Å². The van der Waals surface area contributed by atoms with Crippen LogP contribution in [-0.2, 0) is 14.3 Å². The van der Waals surface area contributed by atoms with E-state index in [0.29, 0.717) is 13.0 Å². The number of hydrogen-bond acceptors (Lipinski definition) is 4. The lowest BCUT2D eigenvalue weighted by molar-refractivity contribution is -0.152. The Bertz CT molecular complexity index is 336. The van der Waals surface area contributed by atoms with Crippen molar-refractivity contribution in [2.75, 3.05) is 12.4 Å². The van der Waals surface area contributed by atoms with Gasteiger partial charge in [0.05, 0.1) is 6.61 Å². The highest BCUT2D eigenvalue weighted by molar-refractivity contribution is 8.02. The van der Waals surface area contributed by atoms with E-state index in [0.717, 1.165) is 12.2 Å². The van der Waals surface area contributed by atoms with Gasteiger partial charge >= 0.3 is 5.97 Å². The Morgan fingerprint density at radius 2 is 2.29 bits per heavy atom. The second kappa shape index (κ2) is 5.25. The smallest absolute Gasteiger partial charge is 0.330 e. The van der Waals surface area contributed by atoms with Crippen molar-refractivity contribution in [3.05, 3.63) is 12.7 Å². The first kappa shape index (κ1) is 14.3. The van der Waals surface area contributed by atoms with Crippen LogP contribution in [0.15, 0.2) is 12.7 Å². The summed E-state index contributed by atoms with van der Waals surface area (Å²) in [6.07, 6.45) is 2.96. The minimum Gasteiger partial charge on any atom is -0.465 e. The summed E-state index contributed by atoms with van der Waals surface area (Å²) >= 11 is 1.40. The molecule has 0 aromatic carbocycles. The Balaban J connectivity index is 3.20. The Morgan fingerprint density at radius 1 is 1.65 bits per heavy atom. The molecule has 17 heavy (non-hydrogen) atoms.